The molecule has 0 aliphatic rings. The van der Waals surface area contributed by atoms with Crippen LogP contribution in [0.2, 0.25) is 0 Å². The molecule has 0 saturated carbocycles. The highest BCUT2D eigenvalue weighted by molar-refractivity contribution is 6.26. The number of halogens is 1. The van der Waals surface area contributed by atoms with Crippen molar-refractivity contribution in [3.05, 3.63) is 182 Å². The summed E-state index contributed by atoms with van der Waals surface area (Å²) in [5.41, 5.74) is 8.60. The number of para-hydroxylation sites is 8. The van der Waals surface area contributed by atoms with Crippen LogP contribution >= 0.6 is 11.8 Å². The zero-order chi connectivity index (χ0) is 44.8. The van der Waals surface area contributed by atoms with Crippen molar-refractivity contribution in [3.8, 4) is 0 Å². The molecule has 322 valence electrons. The molecule has 0 fully saturated rings. The van der Waals surface area contributed by atoms with Crippen molar-refractivity contribution in [2.45, 2.75) is 47.5 Å². The molecule has 0 saturated heterocycles. The maximum absolute atomic E-state index is 11.1. The minimum atomic E-state index is -0.0991. The molecule has 8 heteroatoms. The van der Waals surface area contributed by atoms with Gasteiger partial charge in [-0.3, -0.25) is 9.63 Å². The number of hydrogen-bond acceptors (Lipinski definition) is 6. The minimum absolute atomic E-state index is 0.0991. The summed E-state index contributed by atoms with van der Waals surface area (Å²) in [6.45, 7) is 9.99. The van der Waals surface area contributed by atoms with Crippen LogP contribution in [0.25, 0.3) is 87.8 Å². The van der Waals surface area contributed by atoms with E-state index in [1.807, 2.05) is 158 Å². The Morgan fingerprint density at radius 1 is 0.375 bits per heavy atom. The van der Waals surface area contributed by atoms with Gasteiger partial charge in [-0.25, -0.2) is 0 Å². The van der Waals surface area contributed by atoms with Gasteiger partial charge in [-0.15, -0.1) is 0 Å². The molecule has 0 atom stereocenters. The third kappa shape index (κ3) is 10.1. The van der Waals surface area contributed by atoms with E-state index in [9.17, 15) is 4.79 Å². The lowest BCUT2D eigenvalue weighted by molar-refractivity contribution is -0.114. The summed E-state index contributed by atoms with van der Waals surface area (Å²) in [5.74, 6) is -0.0991. The zero-order valence-corrected chi connectivity index (χ0v) is 37.4. The molecule has 1 amide bonds. The first-order valence-corrected chi connectivity index (χ1v) is 21.9. The smallest absolute Gasteiger partial charge is 0.221 e. The van der Waals surface area contributed by atoms with Crippen molar-refractivity contribution < 1.29 is 22.5 Å². The third-order valence-corrected chi connectivity index (χ3v) is 9.99. The van der Waals surface area contributed by atoms with Crippen molar-refractivity contribution in [1.29, 1.82) is 0 Å². The van der Waals surface area contributed by atoms with E-state index in [4.69, 9.17) is 29.4 Å². The summed E-state index contributed by atoms with van der Waals surface area (Å²) >= 11 is 5.62. The molecule has 8 aromatic carbocycles. The first-order valence-electron chi connectivity index (χ1n) is 21.6. The highest BCUT2D eigenvalue weighted by Gasteiger charge is 2.11. The number of hydrogen-bond donors (Lipinski definition) is 2. The highest BCUT2D eigenvalue weighted by Crippen LogP contribution is 2.35. The third-order valence-electron chi connectivity index (χ3n) is 9.79. The number of nitrogens with one attached hydrogen (secondary N) is 2. The Bertz CT molecular complexity index is 3200. The number of amides is 1. The molecular weight excluding hydrogens is 816 g/mol. The molecule has 64 heavy (non-hydrogen) atoms. The lowest BCUT2D eigenvalue weighted by Crippen LogP contribution is -2.05. The summed E-state index contributed by atoms with van der Waals surface area (Å²) in [5, 5.41) is 11.8. The number of carbonyl (C=O) groups excluding carboxylic acids is 1. The van der Waals surface area contributed by atoms with Crippen LogP contribution in [0.5, 0.6) is 0 Å². The molecule has 2 N–H and O–H groups in total. The van der Waals surface area contributed by atoms with E-state index in [0.717, 1.165) is 71.9 Å². The number of benzene rings is 8. The van der Waals surface area contributed by atoms with E-state index in [2.05, 4.69) is 62.1 Å². The molecule has 0 spiro atoms. The van der Waals surface area contributed by atoms with Gasteiger partial charge in [-0.1, -0.05) is 174 Å². The van der Waals surface area contributed by atoms with Gasteiger partial charge < -0.3 is 23.0 Å². The Morgan fingerprint density at radius 3 is 0.938 bits per heavy atom. The SMILES string of the molecule is CC(=O)Nc1cccc2c1oc1ccccc12.CCC.CCC.ClNc1cccc2c1oc1ccccc12.c1ccc2c(c1)oc1ccccc12.c1ccc2c(c1)oc1ccccc12. The van der Waals surface area contributed by atoms with E-state index < -0.39 is 0 Å². The number of fused-ring (bicyclic) bond motifs is 12. The van der Waals surface area contributed by atoms with Crippen molar-refractivity contribution in [2.24, 2.45) is 0 Å². The summed E-state index contributed by atoms with van der Waals surface area (Å²) in [7, 11) is 0. The number of anilines is 2. The molecule has 12 rings (SSSR count). The van der Waals surface area contributed by atoms with Crippen LogP contribution in [-0.2, 0) is 4.79 Å². The van der Waals surface area contributed by atoms with Crippen LogP contribution in [-0.4, -0.2) is 5.91 Å². The van der Waals surface area contributed by atoms with Crippen LogP contribution in [0.3, 0.4) is 0 Å². The Hall–Kier alpha value is -7.48. The average molecular weight is 867 g/mol. The summed E-state index contributed by atoms with van der Waals surface area (Å²) < 4.78 is 22.8. The Balaban J connectivity index is 0.000000123. The van der Waals surface area contributed by atoms with E-state index in [1.165, 1.54) is 41.3 Å². The number of furan rings is 4. The van der Waals surface area contributed by atoms with Gasteiger partial charge in [-0.05, 0) is 48.5 Å². The molecule has 0 bridgehead atoms. The quantitative estimate of drug-likeness (QED) is 0.168. The predicted molar refractivity (Wildman–Crippen MR) is 271 cm³/mol. The van der Waals surface area contributed by atoms with Crippen LogP contribution in [0.15, 0.2) is 200 Å². The zero-order valence-electron chi connectivity index (χ0n) is 36.7. The second-order valence-electron chi connectivity index (χ2n) is 14.9. The van der Waals surface area contributed by atoms with Gasteiger partial charge in [-0.2, -0.15) is 0 Å². The van der Waals surface area contributed by atoms with Crippen molar-refractivity contribution in [2.75, 3.05) is 10.2 Å². The summed E-state index contributed by atoms with van der Waals surface area (Å²) in [6.07, 6.45) is 2.50. The molecule has 0 radical (unpaired) electrons. The van der Waals surface area contributed by atoms with Gasteiger partial charge in [0.25, 0.3) is 0 Å². The first-order chi connectivity index (χ1) is 31.4. The monoisotopic (exact) mass is 866 g/mol. The first kappa shape index (κ1) is 44.6. The van der Waals surface area contributed by atoms with Gasteiger partial charge in [0.2, 0.25) is 5.91 Å². The van der Waals surface area contributed by atoms with Gasteiger partial charge in [0.1, 0.15) is 33.5 Å². The fourth-order valence-corrected chi connectivity index (χ4v) is 7.36. The standard InChI is InChI=1S/C14H11NO2.C12H8ClNO.2C12H8O.2C3H8/c1-9(16)15-12-7-4-6-11-10-5-2-3-8-13(10)17-14(11)12;13-14-10-6-3-5-9-8-4-1-2-7-11(8)15-12(9)10;2*1-3-7-11-9(5-1)10-6-2-4-8-12(10)13-11;2*1-3-2/h2-8H,1H3,(H,15,16);1-7,14H;2*1-8H;2*3H2,1-2H3. The lowest BCUT2D eigenvalue weighted by atomic mass is 10.1. The Morgan fingerprint density at radius 2 is 0.625 bits per heavy atom. The minimum Gasteiger partial charge on any atom is -0.456 e. The Labute approximate surface area is 377 Å². The van der Waals surface area contributed by atoms with E-state index in [0.29, 0.717) is 5.69 Å². The average Bonchev–Trinajstić information content (AvgIpc) is 4.11. The number of rotatable bonds is 2. The second-order valence-corrected chi connectivity index (χ2v) is 15.1. The number of carbonyl (C=O) groups is 1. The van der Waals surface area contributed by atoms with Crippen LogP contribution in [0.4, 0.5) is 11.4 Å². The predicted octanol–water partition coefficient (Wildman–Crippen LogP) is 17.7. The van der Waals surface area contributed by atoms with Gasteiger partial charge >= 0.3 is 0 Å². The van der Waals surface area contributed by atoms with Crippen LogP contribution in [0, 0.1) is 0 Å². The summed E-state index contributed by atoms with van der Waals surface area (Å²) in [4.78, 5) is 13.7. The van der Waals surface area contributed by atoms with E-state index >= 15 is 0 Å². The van der Waals surface area contributed by atoms with E-state index in [-0.39, 0.29) is 5.91 Å². The maximum Gasteiger partial charge on any atom is 0.221 e. The molecule has 7 nitrogen and oxygen atoms in total. The highest BCUT2D eigenvalue weighted by atomic mass is 35.5. The maximum atomic E-state index is 11.1. The van der Waals surface area contributed by atoms with Crippen molar-refractivity contribution in [3.63, 3.8) is 0 Å². The largest absolute Gasteiger partial charge is 0.456 e. The van der Waals surface area contributed by atoms with Crippen LogP contribution in [0.1, 0.15) is 47.5 Å². The molecule has 4 aromatic heterocycles. The normalized spacial score (nSPS) is 10.5. The Kier molecular flexibility index (Phi) is 15.0. The lowest BCUT2D eigenvalue weighted by Gasteiger charge is -2.01. The topological polar surface area (TPSA) is 93.7 Å². The second kappa shape index (κ2) is 21.5. The molecule has 0 aliphatic heterocycles. The van der Waals surface area contributed by atoms with Crippen LogP contribution < -0.4 is 10.2 Å². The van der Waals surface area contributed by atoms with Gasteiger partial charge in [0.15, 0.2) is 11.2 Å². The van der Waals surface area contributed by atoms with Gasteiger partial charge in [0.05, 0.1) is 11.4 Å². The molecule has 12 aromatic rings. The summed E-state index contributed by atoms with van der Waals surface area (Å²) in [6, 6.07) is 59.8. The molecule has 0 unspecified atom stereocenters. The fraction of sp³-hybridized carbons (Fsp3) is 0.125. The molecule has 0 aliphatic carbocycles. The van der Waals surface area contributed by atoms with Crippen molar-refractivity contribution in [1.82, 2.24) is 0 Å². The van der Waals surface area contributed by atoms with E-state index in [1.54, 1.807) is 0 Å². The molecular formula is C56H51ClN2O5. The van der Waals surface area contributed by atoms with Gasteiger partial charge in [0, 0.05) is 61.8 Å². The van der Waals surface area contributed by atoms with Crippen molar-refractivity contribution >= 4 is 117 Å². The molecule has 4 heterocycles. The fourth-order valence-electron chi connectivity index (χ4n) is 7.21.